The van der Waals surface area contributed by atoms with E-state index in [-0.39, 0.29) is 11.6 Å². The van der Waals surface area contributed by atoms with Crippen molar-refractivity contribution in [2.75, 3.05) is 11.9 Å². The molecule has 0 aliphatic heterocycles. The molecule has 1 aromatic rings. The van der Waals surface area contributed by atoms with Crippen LogP contribution in [-0.2, 0) is 0 Å². The van der Waals surface area contributed by atoms with Crippen molar-refractivity contribution in [2.45, 2.75) is 33.1 Å². The van der Waals surface area contributed by atoms with E-state index in [4.69, 9.17) is 5.11 Å². The van der Waals surface area contributed by atoms with Gasteiger partial charge in [0.1, 0.15) is 0 Å². The number of carboxylic acids is 1. The highest BCUT2D eigenvalue weighted by atomic mass is 16.4. The minimum absolute atomic E-state index is 0.111. The van der Waals surface area contributed by atoms with Crippen LogP contribution in [-0.4, -0.2) is 23.7 Å². The number of anilines is 1. The maximum atomic E-state index is 11.9. The molecule has 5 nitrogen and oxygen atoms in total. The molecule has 0 spiro atoms. The van der Waals surface area contributed by atoms with E-state index in [9.17, 15) is 9.59 Å². The van der Waals surface area contributed by atoms with Crippen molar-refractivity contribution in [3.63, 3.8) is 0 Å². The largest absolute Gasteiger partial charge is 0.478 e. The molecule has 21 heavy (non-hydrogen) atoms. The molecule has 5 heteroatoms. The standard InChI is InChI=1S/C16H22N2O3/c1-10-3-5-12(7-10)9-17-16(21)18-14-6-4-11(2)8-13(14)15(19)20/h4,6,8,10,12H,3,5,7,9H2,1-2H3,(H,19,20)(H2,17,18,21). The van der Waals surface area contributed by atoms with Crippen LogP contribution in [0.4, 0.5) is 10.5 Å². The van der Waals surface area contributed by atoms with Gasteiger partial charge in [-0.05, 0) is 43.7 Å². The number of carbonyl (C=O) groups excluding carboxylic acids is 1. The van der Waals surface area contributed by atoms with Gasteiger partial charge in [0, 0.05) is 6.54 Å². The Morgan fingerprint density at radius 2 is 2.10 bits per heavy atom. The number of urea groups is 1. The van der Waals surface area contributed by atoms with E-state index in [2.05, 4.69) is 17.6 Å². The number of aryl methyl sites for hydroxylation is 1. The van der Waals surface area contributed by atoms with Crippen LogP contribution in [0.5, 0.6) is 0 Å². The Kier molecular flexibility index (Phi) is 4.83. The van der Waals surface area contributed by atoms with Gasteiger partial charge in [-0.2, -0.15) is 0 Å². The van der Waals surface area contributed by atoms with Crippen molar-refractivity contribution >= 4 is 17.7 Å². The Morgan fingerprint density at radius 1 is 1.33 bits per heavy atom. The van der Waals surface area contributed by atoms with E-state index >= 15 is 0 Å². The third-order valence-corrected chi connectivity index (χ3v) is 4.01. The quantitative estimate of drug-likeness (QED) is 0.796. The van der Waals surface area contributed by atoms with E-state index < -0.39 is 5.97 Å². The Labute approximate surface area is 124 Å². The number of nitrogens with one attached hydrogen (secondary N) is 2. The molecule has 1 fully saturated rings. The van der Waals surface area contributed by atoms with Crippen LogP contribution in [0.25, 0.3) is 0 Å². The first-order valence-electron chi connectivity index (χ1n) is 7.34. The molecule has 0 saturated heterocycles. The van der Waals surface area contributed by atoms with Gasteiger partial charge < -0.3 is 15.7 Å². The zero-order valence-electron chi connectivity index (χ0n) is 12.5. The zero-order valence-corrected chi connectivity index (χ0v) is 12.5. The number of amides is 2. The third kappa shape index (κ3) is 4.21. The topological polar surface area (TPSA) is 78.4 Å². The van der Waals surface area contributed by atoms with E-state index in [0.29, 0.717) is 18.2 Å². The van der Waals surface area contributed by atoms with Gasteiger partial charge >= 0.3 is 12.0 Å². The summed E-state index contributed by atoms with van der Waals surface area (Å²) in [4.78, 5) is 23.1. The first-order valence-corrected chi connectivity index (χ1v) is 7.34. The monoisotopic (exact) mass is 290 g/mol. The van der Waals surface area contributed by atoms with Crippen LogP contribution in [0.1, 0.15) is 42.1 Å². The lowest BCUT2D eigenvalue weighted by Gasteiger charge is -2.13. The second kappa shape index (κ2) is 6.61. The average Bonchev–Trinajstić information content (AvgIpc) is 2.84. The fourth-order valence-electron chi connectivity index (χ4n) is 2.86. The number of hydrogen-bond acceptors (Lipinski definition) is 2. The molecule has 0 bridgehead atoms. The summed E-state index contributed by atoms with van der Waals surface area (Å²) in [7, 11) is 0. The van der Waals surface area contributed by atoms with Gasteiger partial charge in [-0.1, -0.05) is 25.0 Å². The van der Waals surface area contributed by atoms with Crippen LogP contribution in [0, 0.1) is 18.8 Å². The first-order chi connectivity index (χ1) is 9.95. The summed E-state index contributed by atoms with van der Waals surface area (Å²) in [5.74, 6) is 0.219. The molecule has 1 aliphatic carbocycles. The Balaban J connectivity index is 1.92. The summed E-state index contributed by atoms with van der Waals surface area (Å²) in [6.45, 7) is 4.69. The van der Waals surface area contributed by atoms with Crippen molar-refractivity contribution in [3.8, 4) is 0 Å². The Morgan fingerprint density at radius 3 is 2.71 bits per heavy atom. The number of carboxylic acid groups (broad SMARTS) is 1. The van der Waals surface area contributed by atoms with Gasteiger partial charge in [0.25, 0.3) is 0 Å². The highest BCUT2D eigenvalue weighted by Gasteiger charge is 2.21. The average molecular weight is 290 g/mol. The maximum absolute atomic E-state index is 11.9. The normalized spacial score (nSPS) is 21.0. The lowest BCUT2D eigenvalue weighted by Crippen LogP contribution is -2.33. The third-order valence-electron chi connectivity index (χ3n) is 4.01. The van der Waals surface area contributed by atoms with Crippen LogP contribution >= 0.6 is 0 Å². The molecule has 0 aromatic heterocycles. The predicted molar refractivity (Wildman–Crippen MR) is 81.7 cm³/mol. The number of rotatable bonds is 4. The second-order valence-electron chi connectivity index (χ2n) is 5.97. The van der Waals surface area contributed by atoms with Crippen LogP contribution in [0.2, 0.25) is 0 Å². The van der Waals surface area contributed by atoms with Crippen LogP contribution < -0.4 is 10.6 Å². The molecule has 2 amide bonds. The van der Waals surface area contributed by atoms with Gasteiger partial charge in [0.05, 0.1) is 11.3 Å². The summed E-state index contributed by atoms with van der Waals surface area (Å²) in [6.07, 6.45) is 3.51. The molecule has 0 radical (unpaired) electrons. The summed E-state index contributed by atoms with van der Waals surface area (Å²) in [5.41, 5.74) is 1.28. The lowest BCUT2D eigenvalue weighted by molar-refractivity contribution is 0.0698. The van der Waals surface area contributed by atoms with Gasteiger partial charge in [0.15, 0.2) is 0 Å². The molecule has 2 unspecified atom stereocenters. The van der Waals surface area contributed by atoms with Crippen molar-refractivity contribution < 1.29 is 14.7 Å². The van der Waals surface area contributed by atoms with E-state index in [0.717, 1.165) is 24.3 Å². The minimum atomic E-state index is -1.04. The van der Waals surface area contributed by atoms with Crippen LogP contribution in [0.15, 0.2) is 18.2 Å². The summed E-state index contributed by atoms with van der Waals surface area (Å²) < 4.78 is 0. The molecule has 114 valence electrons. The molecular formula is C16H22N2O3. The fraction of sp³-hybridized carbons (Fsp3) is 0.500. The number of carbonyl (C=O) groups is 2. The van der Waals surface area contributed by atoms with Gasteiger partial charge in [-0.25, -0.2) is 9.59 Å². The van der Waals surface area contributed by atoms with Crippen molar-refractivity contribution in [3.05, 3.63) is 29.3 Å². The SMILES string of the molecule is Cc1ccc(NC(=O)NCC2CCC(C)C2)c(C(=O)O)c1. The molecule has 2 rings (SSSR count). The first kappa shape index (κ1) is 15.4. The highest BCUT2D eigenvalue weighted by molar-refractivity contribution is 6.00. The zero-order chi connectivity index (χ0) is 15.4. The van der Waals surface area contributed by atoms with E-state index in [1.54, 1.807) is 18.2 Å². The van der Waals surface area contributed by atoms with Crippen molar-refractivity contribution in [1.29, 1.82) is 0 Å². The second-order valence-corrected chi connectivity index (χ2v) is 5.97. The molecule has 0 heterocycles. The summed E-state index contributed by atoms with van der Waals surface area (Å²) >= 11 is 0. The Bertz CT molecular complexity index is 542. The fourth-order valence-corrected chi connectivity index (χ4v) is 2.86. The number of hydrogen-bond donors (Lipinski definition) is 3. The number of benzene rings is 1. The lowest BCUT2D eigenvalue weighted by atomic mass is 10.1. The smallest absolute Gasteiger partial charge is 0.337 e. The predicted octanol–water partition coefficient (Wildman–Crippen LogP) is 3.25. The number of aromatic carboxylic acids is 1. The van der Waals surface area contributed by atoms with Gasteiger partial charge in [-0.3, -0.25) is 0 Å². The molecular weight excluding hydrogens is 268 g/mol. The van der Waals surface area contributed by atoms with Crippen LogP contribution in [0.3, 0.4) is 0 Å². The van der Waals surface area contributed by atoms with Gasteiger partial charge in [-0.15, -0.1) is 0 Å². The Hall–Kier alpha value is -2.04. The van der Waals surface area contributed by atoms with Crippen molar-refractivity contribution in [1.82, 2.24) is 5.32 Å². The molecule has 1 aliphatic rings. The summed E-state index contributed by atoms with van der Waals surface area (Å²) in [6, 6.07) is 4.61. The molecule has 2 atom stereocenters. The minimum Gasteiger partial charge on any atom is -0.478 e. The van der Waals surface area contributed by atoms with Crippen molar-refractivity contribution in [2.24, 2.45) is 11.8 Å². The van der Waals surface area contributed by atoms with E-state index in [1.165, 1.54) is 6.42 Å². The molecule has 3 N–H and O–H groups in total. The highest BCUT2D eigenvalue weighted by Crippen LogP contribution is 2.29. The van der Waals surface area contributed by atoms with Gasteiger partial charge in [0.2, 0.25) is 0 Å². The van der Waals surface area contributed by atoms with E-state index in [1.807, 2.05) is 6.92 Å². The molecule has 1 aromatic carbocycles. The summed E-state index contributed by atoms with van der Waals surface area (Å²) in [5, 5.41) is 14.6. The maximum Gasteiger partial charge on any atom is 0.337 e. The molecule has 1 saturated carbocycles.